The van der Waals surface area contributed by atoms with Gasteiger partial charge in [0.1, 0.15) is 0 Å². The van der Waals surface area contributed by atoms with Gasteiger partial charge in [-0.2, -0.15) is 0 Å². The van der Waals surface area contributed by atoms with E-state index >= 15 is 0 Å². The van der Waals surface area contributed by atoms with Crippen LogP contribution in [0.2, 0.25) is 5.02 Å². The van der Waals surface area contributed by atoms with E-state index in [2.05, 4.69) is 5.32 Å². The zero-order valence-corrected chi connectivity index (χ0v) is 16.6. The molecule has 1 aliphatic rings. The first-order chi connectivity index (χ1) is 12.8. The lowest BCUT2D eigenvalue weighted by atomic mass is 9.87. The summed E-state index contributed by atoms with van der Waals surface area (Å²) in [4.78, 5) is 38.4. The van der Waals surface area contributed by atoms with Gasteiger partial charge in [-0.3, -0.25) is 14.4 Å². The van der Waals surface area contributed by atoms with E-state index in [1.54, 1.807) is 29.2 Å². The summed E-state index contributed by atoms with van der Waals surface area (Å²) in [6.07, 6.45) is 2.41. The third-order valence-corrected chi connectivity index (χ3v) is 5.65. The fourth-order valence-corrected chi connectivity index (χ4v) is 3.65. The van der Waals surface area contributed by atoms with Crippen molar-refractivity contribution in [2.75, 3.05) is 13.1 Å². The molecule has 0 spiro atoms. The number of nitrogens with zero attached hydrogens (tertiary/aromatic N) is 1. The Labute approximate surface area is 164 Å². The quantitative estimate of drug-likeness (QED) is 0.742. The molecule has 7 heteroatoms. The van der Waals surface area contributed by atoms with Crippen molar-refractivity contribution in [3.63, 3.8) is 0 Å². The van der Waals surface area contributed by atoms with E-state index in [1.807, 2.05) is 13.8 Å². The molecule has 1 aromatic carbocycles. The highest BCUT2D eigenvalue weighted by atomic mass is 35.5. The zero-order valence-electron chi connectivity index (χ0n) is 15.8. The number of rotatable bonds is 7. The van der Waals surface area contributed by atoms with E-state index in [4.69, 9.17) is 11.6 Å². The molecule has 2 rings (SSSR count). The molecule has 1 atom stereocenters. The first-order valence-corrected chi connectivity index (χ1v) is 9.76. The lowest BCUT2D eigenvalue weighted by Gasteiger charge is -2.36. The van der Waals surface area contributed by atoms with Crippen LogP contribution in [0.1, 0.15) is 56.3 Å². The summed E-state index contributed by atoms with van der Waals surface area (Å²) in [6, 6.07) is 6.71. The van der Waals surface area contributed by atoms with Crippen molar-refractivity contribution in [3.8, 4) is 0 Å². The van der Waals surface area contributed by atoms with Crippen LogP contribution in [-0.2, 0) is 9.59 Å². The van der Waals surface area contributed by atoms with Crippen molar-refractivity contribution in [1.82, 2.24) is 10.2 Å². The summed E-state index contributed by atoms with van der Waals surface area (Å²) in [5, 5.41) is 12.7. The molecular formula is C20H27ClN2O4. The standard InChI is InChI=1S/C20H27ClN2O4/c1-3-20(4-2,12-17(24)25)22-18(26)15-6-5-11-23(13-15)19(27)14-7-9-16(21)10-8-14/h7-10,15H,3-6,11-13H2,1-2H3,(H,22,26)(H,24,25). The van der Waals surface area contributed by atoms with Crippen molar-refractivity contribution in [1.29, 1.82) is 0 Å². The molecular weight excluding hydrogens is 368 g/mol. The monoisotopic (exact) mass is 394 g/mol. The summed E-state index contributed by atoms with van der Waals surface area (Å²) in [6.45, 7) is 4.70. The van der Waals surface area contributed by atoms with Gasteiger partial charge in [0.15, 0.2) is 0 Å². The average molecular weight is 395 g/mol. The average Bonchev–Trinajstić information content (AvgIpc) is 2.67. The van der Waals surface area contributed by atoms with Gasteiger partial charge in [-0.15, -0.1) is 0 Å². The number of aliphatic carboxylic acids is 1. The number of hydrogen-bond donors (Lipinski definition) is 2. The Hall–Kier alpha value is -2.08. The van der Waals surface area contributed by atoms with E-state index in [-0.39, 0.29) is 24.2 Å². The lowest BCUT2D eigenvalue weighted by molar-refractivity contribution is -0.139. The Morgan fingerprint density at radius 3 is 2.41 bits per heavy atom. The van der Waals surface area contributed by atoms with Gasteiger partial charge >= 0.3 is 5.97 Å². The van der Waals surface area contributed by atoms with E-state index in [0.717, 1.165) is 6.42 Å². The molecule has 2 amide bonds. The van der Waals surface area contributed by atoms with Crippen molar-refractivity contribution in [2.24, 2.45) is 5.92 Å². The highest BCUT2D eigenvalue weighted by Crippen LogP contribution is 2.24. The smallest absolute Gasteiger partial charge is 0.305 e. The molecule has 27 heavy (non-hydrogen) atoms. The number of carboxylic acids is 1. The number of carbonyl (C=O) groups is 3. The number of nitrogens with one attached hydrogen (secondary N) is 1. The van der Waals surface area contributed by atoms with Crippen molar-refractivity contribution >= 4 is 29.4 Å². The molecule has 1 unspecified atom stereocenters. The highest BCUT2D eigenvalue weighted by molar-refractivity contribution is 6.30. The van der Waals surface area contributed by atoms with Gasteiger partial charge < -0.3 is 15.3 Å². The topological polar surface area (TPSA) is 86.7 Å². The molecule has 0 aromatic heterocycles. The van der Waals surface area contributed by atoms with Gasteiger partial charge in [0.2, 0.25) is 5.91 Å². The first kappa shape index (κ1) is 21.2. The second-order valence-corrected chi connectivity index (χ2v) is 7.58. The number of halogens is 1. The summed E-state index contributed by atoms with van der Waals surface area (Å²) < 4.78 is 0. The normalized spacial score (nSPS) is 17.4. The number of amides is 2. The Kier molecular flexibility index (Phi) is 7.25. The van der Waals surface area contributed by atoms with Crippen LogP contribution in [-0.4, -0.2) is 46.4 Å². The minimum absolute atomic E-state index is 0.105. The molecule has 148 valence electrons. The Bertz CT molecular complexity index is 686. The predicted molar refractivity (Wildman–Crippen MR) is 104 cm³/mol. The van der Waals surface area contributed by atoms with Gasteiger partial charge in [-0.25, -0.2) is 0 Å². The molecule has 1 fully saturated rings. The van der Waals surface area contributed by atoms with Crippen molar-refractivity contribution < 1.29 is 19.5 Å². The fraction of sp³-hybridized carbons (Fsp3) is 0.550. The van der Waals surface area contributed by atoms with Crippen LogP contribution >= 0.6 is 11.6 Å². The number of carboxylic acid groups (broad SMARTS) is 1. The zero-order chi connectivity index (χ0) is 20.0. The summed E-state index contributed by atoms with van der Waals surface area (Å²) in [7, 11) is 0. The molecule has 0 bridgehead atoms. The van der Waals surface area contributed by atoms with Crippen LogP contribution in [0.3, 0.4) is 0 Å². The molecule has 0 saturated carbocycles. The first-order valence-electron chi connectivity index (χ1n) is 9.39. The third-order valence-electron chi connectivity index (χ3n) is 5.40. The van der Waals surface area contributed by atoms with E-state index in [9.17, 15) is 19.5 Å². The third kappa shape index (κ3) is 5.45. The number of likely N-dealkylation sites (tertiary alicyclic amines) is 1. The van der Waals surface area contributed by atoms with Gasteiger partial charge in [0.05, 0.1) is 12.3 Å². The van der Waals surface area contributed by atoms with Crippen LogP contribution in [0.15, 0.2) is 24.3 Å². The van der Waals surface area contributed by atoms with Gasteiger partial charge in [0, 0.05) is 29.2 Å². The molecule has 0 radical (unpaired) electrons. The van der Waals surface area contributed by atoms with E-state index < -0.39 is 11.5 Å². The van der Waals surface area contributed by atoms with Crippen molar-refractivity contribution in [2.45, 2.75) is 51.5 Å². The maximum Gasteiger partial charge on any atom is 0.305 e. The van der Waals surface area contributed by atoms with Crippen LogP contribution in [0, 0.1) is 5.92 Å². The van der Waals surface area contributed by atoms with E-state index in [1.165, 1.54) is 0 Å². The summed E-state index contributed by atoms with van der Waals surface area (Å²) in [5.74, 6) is -1.55. The summed E-state index contributed by atoms with van der Waals surface area (Å²) >= 11 is 5.87. The molecule has 2 N–H and O–H groups in total. The van der Waals surface area contributed by atoms with E-state index in [0.29, 0.717) is 42.9 Å². The van der Waals surface area contributed by atoms with Crippen LogP contribution < -0.4 is 5.32 Å². The predicted octanol–water partition coefficient (Wildman–Crippen LogP) is 3.34. The molecule has 1 aromatic rings. The van der Waals surface area contributed by atoms with Gasteiger partial charge in [0.25, 0.3) is 5.91 Å². The number of carbonyl (C=O) groups excluding carboxylic acids is 2. The summed E-state index contributed by atoms with van der Waals surface area (Å²) in [5.41, 5.74) is -0.200. The minimum Gasteiger partial charge on any atom is -0.481 e. The Balaban J connectivity index is 2.05. The number of hydrogen-bond acceptors (Lipinski definition) is 3. The maximum atomic E-state index is 12.8. The second kappa shape index (κ2) is 9.22. The Morgan fingerprint density at radius 2 is 1.85 bits per heavy atom. The second-order valence-electron chi connectivity index (χ2n) is 7.14. The molecule has 1 saturated heterocycles. The molecule has 1 aliphatic heterocycles. The molecule has 0 aliphatic carbocycles. The van der Waals surface area contributed by atoms with Crippen LogP contribution in [0.25, 0.3) is 0 Å². The molecule has 1 heterocycles. The van der Waals surface area contributed by atoms with Crippen molar-refractivity contribution in [3.05, 3.63) is 34.9 Å². The number of piperidine rings is 1. The maximum absolute atomic E-state index is 12.8. The molecule has 6 nitrogen and oxygen atoms in total. The minimum atomic E-state index is -0.929. The Morgan fingerprint density at radius 1 is 1.22 bits per heavy atom. The largest absolute Gasteiger partial charge is 0.481 e. The van der Waals surface area contributed by atoms with Gasteiger partial charge in [-0.1, -0.05) is 25.4 Å². The fourth-order valence-electron chi connectivity index (χ4n) is 3.52. The highest BCUT2D eigenvalue weighted by Gasteiger charge is 2.35. The lowest BCUT2D eigenvalue weighted by Crippen LogP contribution is -2.53. The number of benzene rings is 1. The van der Waals surface area contributed by atoms with Crippen LogP contribution in [0.5, 0.6) is 0 Å². The van der Waals surface area contributed by atoms with Crippen LogP contribution in [0.4, 0.5) is 0 Å². The SMILES string of the molecule is CCC(CC)(CC(=O)O)NC(=O)C1CCCN(C(=O)c2ccc(Cl)cc2)C1. The van der Waals surface area contributed by atoms with Gasteiger partial charge in [-0.05, 0) is 49.9 Å².